The molecule has 0 aliphatic heterocycles. The first-order valence-corrected chi connectivity index (χ1v) is 6.39. The van der Waals surface area contributed by atoms with Crippen molar-refractivity contribution in [3.05, 3.63) is 59.3 Å². The minimum atomic E-state index is 0.376. The van der Waals surface area contributed by atoms with Crippen molar-refractivity contribution >= 4 is 12.7 Å². The van der Waals surface area contributed by atoms with Crippen molar-refractivity contribution in [2.24, 2.45) is 0 Å². The number of nitrogens with one attached hydrogen (secondary N) is 1. The zero-order chi connectivity index (χ0) is 13.0. The molecule has 0 bridgehead atoms. The summed E-state index contributed by atoms with van der Waals surface area (Å²) in [6.07, 6.45) is 1.01. The summed E-state index contributed by atoms with van der Waals surface area (Å²) in [4.78, 5) is 4.50. The van der Waals surface area contributed by atoms with Gasteiger partial charge in [0.15, 0.2) is 0 Å². The van der Waals surface area contributed by atoms with Crippen molar-refractivity contribution in [2.45, 2.75) is 27.0 Å². The standard InChI is InChI=1S/C15H19BN2/c1-12-9-13(2)17-15(10-12)18-16(3)11-14-7-5-4-6-8-14/h4-10H,11H2,1-3H3,(H,17,18). The number of nitrogens with zero attached hydrogens (tertiary/aromatic N) is 1. The lowest BCUT2D eigenvalue weighted by Gasteiger charge is -2.12. The maximum absolute atomic E-state index is 4.50. The van der Waals surface area contributed by atoms with E-state index in [-0.39, 0.29) is 0 Å². The molecular weight excluding hydrogens is 219 g/mol. The van der Waals surface area contributed by atoms with E-state index in [0.29, 0.717) is 6.85 Å². The lowest BCUT2D eigenvalue weighted by Crippen LogP contribution is -2.24. The van der Waals surface area contributed by atoms with Gasteiger partial charge >= 0.3 is 0 Å². The Morgan fingerprint density at radius 3 is 2.50 bits per heavy atom. The van der Waals surface area contributed by atoms with Gasteiger partial charge in [-0.1, -0.05) is 42.7 Å². The zero-order valence-electron chi connectivity index (χ0n) is 11.3. The number of pyridine rings is 1. The Hall–Kier alpha value is -1.77. The van der Waals surface area contributed by atoms with Crippen LogP contribution in [0.25, 0.3) is 0 Å². The van der Waals surface area contributed by atoms with E-state index in [2.05, 4.69) is 60.4 Å². The van der Waals surface area contributed by atoms with Gasteiger partial charge in [0, 0.05) is 5.69 Å². The molecule has 1 aromatic heterocycles. The number of benzene rings is 1. The van der Waals surface area contributed by atoms with Crippen LogP contribution in [0.2, 0.25) is 6.82 Å². The van der Waals surface area contributed by atoms with Gasteiger partial charge in [0.05, 0.1) is 0 Å². The van der Waals surface area contributed by atoms with E-state index in [1.165, 1.54) is 11.1 Å². The average molecular weight is 238 g/mol. The van der Waals surface area contributed by atoms with Crippen molar-refractivity contribution in [1.82, 2.24) is 4.98 Å². The molecule has 0 spiro atoms. The summed E-state index contributed by atoms with van der Waals surface area (Å²) >= 11 is 0. The normalized spacial score (nSPS) is 10.2. The SMILES string of the molecule is CB(Cc1ccccc1)Nc1cc(C)cc(C)n1. The molecule has 0 amide bonds. The van der Waals surface area contributed by atoms with Crippen molar-refractivity contribution in [3.63, 3.8) is 0 Å². The van der Waals surface area contributed by atoms with Crippen LogP contribution in [-0.2, 0) is 6.32 Å². The Morgan fingerprint density at radius 2 is 1.83 bits per heavy atom. The molecule has 0 unspecified atom stereocenters. The summed E-state index contributed by atoms with van der Waals surface area (Å²) in [7, 11) is 0. The number of aryl methyl sites for hydroxylation is 2. The van der Waals surface area contributed by atoms with Crippen LogP contribution in [0.15, 0.2) is 42.5 Å². The van der Waals surface area contributed by atoms with E-state index in [0.717, 1.165) is 17.8 Å². The molecule has 1 aromatic carbocycles. The van der Waals surface area contributed by atoms with E-state index in [1.807, 2.05) is 13.0 Å². The van der Waals surface area contributed by atoms with Crippen LogP contribution in [0.4, 0.5) is 5.82 Å². The first-order valence-electron chi connectivity index (χ1n) is 6.39. The molecule has 3 heteroatoms. The predicted molar refractivity (Wildman–Crippen MR) is 79.1 cm³/mol. The molecule has 2 aromatic rings. The van der Waals surface area contributed by atoms with Gasteiger partial charge in [-0.2, -0.15) is 0 Å². The lowest BCUT2D eigenvalue weighted by atomic mass is 9.60. The second kappa shape index (κ2) is 5.72. The molecular formula is C15H19BN2. The molecule has 0 aliphatic carbocycles. The predicted octanol–water partition coefficient (Wildman–Crippen LogP) is 3.51. The minimum Gasteiger partial charge on any atom is -0.413 e. The fourth-order valence-corrected chi connectivity index (χ4v) is 2.19. The third kappa shape index (κ3) is 3.62. The van der Waals surface area contributed by atoms with Gasteiger partial charge < -0.3 is 5.23 Å². The second-order valence-corrected chi connectivity index (χ2v) is 4.91. The number of aromatic nitrogens is 1. The summed E-state index contributed by atoms with van der Waals surface area (Å²) in [6.45, 7) is 6.69. The average Bonchev–Trinajstić information content (AvgIpc) is 2.28. The second-order valence-electron chi connectivity index (χ2n) is 4.91. The fourth-order valence-electron chi connectivity index (χ4n) is 2.19. The molecule has 1 heterocycles. The van der Waals surface area contributed by atoms with Crippen LogP contribution < -0.4 is 5.23 Å². The Kier molecular flexibility index (Phi) is 4.03. The van der Waals surface area contributed by atoms with Gasteiger partial charge in [0.25, 0.3) is 6.85 Å². The number of hydrogen-bond donors (Lipinski definition) is 1. The molecule has 2 rings (SSSR count). The number of anilines is 1. The molecule has 0 atom stereocenters. The minimum absolute atomic E-state index is 0.376. The Bertz CT molecular complexity index is 491. The molecule has 0 saturated heterocycles. The molecule has 18 heavy (non-hydrogen) atoms. The van der Waals surface area contributed by atoms with Gasteiger partial charge in [-0.15, -0.1) is 0 Å². The van der Waals surface area contributed by atoms with Crippen LogP contribution in [0.1, 0.15) is 16.8 Å². The number of rotatable bonds is 4. The van der Waals surface area contributed by atoms with Gasteiger partial charge in [0.2, 0.25) is 0 Å². The highest BCUT2D eigenvalue weighted by Gasteiger charge is 2.09. The Balaban J connectivity index is 2.01. The summed E-state index contributed by atoms with van der Waals surface area (Å²) in [5.41, 5.74) is 3.66. The van der Waals surface area contributed by atoms with Gasteiger partial charge in [0.1, 0.15) is 5.82 Å². The first-order chi connectivity index (χ1) is 8.63. The summed E-state index contributed by atoms with van der Waals surface area (Å²) < 4.78 is 0. The molecule has 0 fully saturated rings. The van der Waals surface area contributed by atoms with E-state index in [1.54, 1.807) is 0 Å². The van der Waals surface area contributed by atoms with Crippen LogP contribution in [-0.4, -0.2) is 11.8 Å². The van der Waals surface area contributed by atoms with Gasteiger partial charge in [-0.05, 0) is 37.9 Å². The lowest BCUT2D eigenvalue weighted by molar-refractivity contribution is 1.18. The van der Waals surface area contributed by atoms with Crippen LogP contribution in [0.3, 0.4) is 0 Å². The summed E-state index contributed by atoms with van der Waals surface area (Å²) in [6, 6.07) is 14.7. The topological polar surface area (TPSA) is 24.9 Å². The van der Waals surface area contributed by atoms with Crippen LogP contribution >= 0.6 is 0 Å². The fraction of sp³-hybridized carbons (Fsp3) is 0.267. The van der Waals surface area contributed by atoms with Crippen molar-refractivity contribution in [2.75, 3.05) is 5.23 Å². The highest BCUT2D eigenvalue weighted by molar-refractivity contribution is 6.60. The van der Waals surface area contributed by atoms with E-state index < -0.39 is 0 Å². The maximum atomic E-state index is 4.50. The van der Waals surface area contributed by atoms with E-state index in [9.17, 15) is 0 Å². The Morgan fingerprint density at radius 1 is 1.11 bits per heavy atom. The van der Waals surface area contributed by atoms with Crippen molar-refractivity contribution in [1.29, 1.82) is 0 Å². The van der Waals surface area contributed by atoms with E-state index in [4.69, 9.17) is 0 Å². The van der Waals surface area contributed by atoms with Crippen molar-refractivity contribution < 1.29 is 0 Å². The molecule has 0 aliphatic rings. The molecule has 1 N–H and O–H groups in total. The van der Waals surface area contributed by atoms with Crippen molar-refractivity contribution in [3.8, 4) is 0 Å². The third-order valence-electron chi connectivity index (χ3n) is 2.88. The van der Waals surface area contributed by atoms with Gasteiger partial charge in [-0.25, -0.2) is 4.98 Å². The highest BCUT2D eigenvalue weighted by Crippen LogP contribution is 2.11. The summed E-state index contributed by atoms with van der Waals surface area (Å²) in [5.74, 6) is 0.968. The van der Waals surface area contributed by atoms with E-state index >= 15 is 0 Å². The molecule has 92 valence electrons. The maximum Gasteiger partial charge on any atom is 0.254 e. The smallest absolute Gasteiger partial charge is 0.254 e. The number of hydrogen-bond acceptors (Lipinski definition) is 2. The molecule has 2 nitrogen and oxygen atoms in total. The molecule has 0 saturated carbocycles. The van der Waals surface area contributed by atoms with Gasteiger partial charge in [-0.3, -0.25) is 0 Å². The van der Waals surface area contributed by atoms with Crippen LogP contribution in [0.5, 0.6) is 0 Å². The monoisotopic (exact) mass is 238 g/mol. The largest absolute Gasteiger partial charge is 0.413 e. The first kappa shape index (κ1) is 12.7. The quantitative estimate of drug-likeness (QED) is 0.824. The third-order valence-corrected chi connectivity index (χ3v) is 2.88. The Labute approximate surface area is 110 Å². The zero-order valence-corrected chi connectivity index (χ0v) is 11.3. The van der Waals surface area contributed by atoms with Crippen LogP contribution in [0, 0.1) is 13.8 Å². The molecule has 0 radical (unpaired) electrons. The summed E-state index contributed by atoms with van der Waals surface area (Å²) in [5, 5.41) is 3.46. The highest BCUT2D eigenvalue weighted by atomic mass is 14.9.